The number of carbonyl (C=O) groups is 1. The van der Waals surface area contributed by atoms with Crippen LogP contribution in [0.3, 0.4) is 0 Å². The molecule has 0 bridgehead atoms. The molecule has 3 rings (SSSR count). The van der Waals surface area contributed by atoms with E-state index in [4.69, 9.17) is 9.47 Å². The van der Waals surface area contributed by atoms with Gasteiger partial charge in [-0.25, -0.2) is 4.79 Å². The minimum Gasteiger partial charge on any atom is -0.507 e. The number of hydrogen-bond donors (Lipinski definition) is 1. The molecule has 0 saturated heterocycles. The lowest BCUT2D eigenvalue weighted by Crippen LogP contribution is -2.10. The van der Waals surface area contributed by atoms with Crippen LogP contribution in [-0.4, -0.2) is 24.8 Å². The van der Waals surface area contributed by atoms with E-state index in [1.165, 1.54) is 12.7 Å². The molecule has 4 nitrogen and oxygen atoms in total. The summed E-state index contributed by atoms with van der Waals surface area (Å²) in [6.45, 7) is 2.47. The van der Waals surface area contributed by atoms with Crippen LogP contribution in [-0.2, 0) is 24.0 Å². The summed E-state index contributed by atoms with van der Waals surface area (Å²) >= 11 is 0. The van der Waals surface area contributed by atoms with E-state index < -0.39 is 5.97 Å². The van der Waals surface area contributed by atoms with E-state index >= 15 is 0 Å². The molecule has 0 aliphatic carbocycles. The van der Waals surface area contributed by atoms with Crippen molar-refractivity contribution < 1.29 is 19.4 Å². The molecule has 0 spiro atoms. The summed E-state index contributed by atoms with van der Waals surface area (Å²) in [5.74, 6) is 0.0907. The van der Waals surface area contributed by atoms with Crippen LogP contribution in [0.15, 0.2) is 48.0 Å². The zero-order valence-corrected chi connectivity index (χ0v) is 14.5. The summed E-state index contributed by atoms with van der Waals surface area (Å²) in [6.07, 6.45) is 3.93. The summed E-state index contributed by atoms with van der Waals surface area (Å²) in [7, 11) is 1.33. The number of fused-ring (bicyclic) bond motifs is 1. The Hall–Kier alpha value is -2.75. The monoisotopic (exact) mass is 338 g/mol. The summed E-state index contributed by atoms with van der Waals surface area (Å²) in [5, 5.41) is 10.7. The highest BCUT2D eigenvalue weighted by Gasteiger charge is 2.24. The quantitative estimate of drug-likeness (QED) is 0.680. The first-order valence-corrected chi connectivity index (χ1v) is 8.38. The van der Waals surface area contributed by atoms with Crippen LogP contribution in [0.4, 0.5) is 0 Å². The van der Waals surface area contributed by atoms with E-state index in [2.05, 4.69) is 0 Å². The highest BCUT2D eigenvalue weighted by atomic mass is 16.5. The van der Waals surface area contributed by atoms with Crippen LogP contribution >= 0.6 is 0 Å². The Morgan fingerprint density at radius 2 is 2.00 bits per heavy atom. The molecule has 2 aromatic carbocycles. The number of allylic oxidation sites excluding steroid dienone is 1. The van der Waals surface area contributed by atoms with Crippen LogP contribution in [0, 0.1) is 0 Å². The van der Waals surface area contributed by atoms with Crippen molar-refractivity contribution in [3.8, 4) is 11.5 Å². The normalized spacial score (nSPS) is 13.3. The van der Waals surface area contributed by atoms with Gasteiger partial charge in [0, 0.05) is 5.56 Å². The van der Waals surface area contributed by atoms with Gasteiger partial charge in [-0.1, -0.05) is 36.4 Å². The fraction of sp³-hybridized carbons (Fsp3) is 0.286. The highest BCUT2D eigenvalue weighted by molar-refractivity contribution is 5.95. The van der Waals surface area contributed by atoms with Gasteiger partial charge in [-0.15, -0.1) is 0 Å². The standard InChI is InChI=1S/C21H22O4/c1-14-8-11-17-18(25-13-14)12-16(19(20(17)22)21(23)24-2)10-9-15-6-4-3-5-7-15/h3-8,12,22H,9-11,13H2,1-2H3. The molecule has 130 valence electrons. The molecular formula is C21H22O4. The first kappa shape index (κ1) is 17.1. The third-order valence-corrected chi connectivity index (χ3v) is 4.47. The van der Waals surface area contributed by atoms with Crippen molar-refractivity contribution in [3.05, 3.63) is 70.3 Å². The summed E-state index contributed by atoms with van der Waals surface area (Å²) in [5.41, 5.74) is 3.90. The molecule has 25 heavy (non-hydrogen) atoms. The Morgan fingerprint density at radius 3 is 2.72 bits per heavy atom. The van der Waals surface area contributed by atoms with Gasteiger partial charge in [0.05, 0.1) is 7.11 Å². The fourth-order valence-corrected chi connectivity index (χ4v) is 3.04. The molecule has 0 atom stereocenters. The summed E-state index contributed by atoms with van der Waals surface area (Å²) in [4.78, 5) is 12.3. The molecule has 0 aromatic heterocycles. The lowest BCUT2D eigenvalue weighted by molar-refractivity contribution is 0.0596. The number of aryl methyl sites for hydroxylation is 2. The maximum absolute atomic E-state index is 12.3. The Bertz CT molecular complexity index is 806. The largest absolute Gasteiger partial charge is 0.507 e. The number of rotatable bonds is 4. The van der Waals surface area contributed by atoms with E-state index in [1.807, 2.05) is 49.4 Å². The van der Waals surface area contributed by atoms with Crippen LogP contribution < -0.4 is 4.74 Å². The lowest BCUT2D eigenvalue weighted by atomic mass is 9.94. The van der Waals surface area contributed by atoms with E-state index in [-0.39, 0.29) is 11.3 Å². The molecule has 0 unspecified atom stereocenters. The Kier molecular flexibility index (Phi) is 5.08. The molecule has 1 aliphatic heterocycles. The van der Waals surface area contributed by atoms with Crippen molar-refractivity contribution in [1.82, 2.24) is 0 Å². The number of phenols is 1. The van der Waals surface area contributed by atoms with Crippen molar-refractivity contribution in [2.45, 2.75) is 26.2 Å². The SMILES string of the molecule is COC(=O)c1c(CCc2ccccc2)cc2c(c1O)CC=C(C)CO2. The topological polar surface area (TPSA) is 55.8 Å². The maximum atomic E-state index is 12.3. The number of carbonyl (C=O) groups excluding carboxylic acids is 1. The van der Waals surface area contributed by atoms with E-state index in [9.17, 15) is 9.90 Å². The van der Waals surface area contributed by atoms with E-state index in [0.29, 0.717) is 30.8 Å². The smallest absolute Gasteiger partial charge is 0.341 e. The Morgan fingerprint density at radius 1 is 1.24 bits per heavy atom. The fourth-order valence-electron chi connectivity index (χ4n) is 3.04. The average molecular weight is 338 g/mol. The van der Waals surface area contributed by atoms with Gasteiger partial charge in [-0.2, -0.15) is 0 Å². The van der Waals surface area contributed by atoms with Crippen LogP contribution in [0.2, 0.25) is 0 Å². The lowest BCUT2D eigenvalue weighted by Gasteiger charge is -2.16. The molecule has 4 heteroatoms. The van der Waals surface area contributed by atoms with Gasteiger partial charge in [0.15, 0.2) is 0 Å². The summed E-state index contributed by atoms with van der Waals surface area (Å²) in [6, 6.07) is 11.9. The minimum absolute atomic E-state index is 0.0293. The van der Waals surface area contributed by atoms with E-state index in [0.717, 1.165) is 17.6 Å². The van der Waals surface area contributed by atoms with Gasteiger partial charge in [-0.3, -0.25) is 0 Å². The van der Waals surface area contributed by atoms with Gasteiger partial charge in [0.1, 0.15) is 23.7 Å². The number of methoxy groups -OCH3 is 1. The third kappa shape index (κ3) is 3.68. The second-order valence-electron chi connectivity index (χ2n) is 6.26. The molecule has 0 amide bonds. The van der Waals surface area contributed by atoms with Crippen molar-refractivity contribution in [2.75, 3.05) is 13.7 Å². The third-order valence-electron chi connectivity index (χ3n) is 4.47. The molecule has 1 N–H and O–H groups in total. The van der Waals surface area contributed by atoms with Gasteiger partial charge < -0.3 is 14.6 Å². The van der Waals surface area contributed by atoms with Gasteiger partial charge in [0.25, 0.3) is 0 Å². The molecule has 1 aliphatic rings. The Balaban J connectivity index is 1.99. The molecule has 2 aromatic rings. The number of hydrogen-bond acceptors (Lipinski definition) is 4. The number of esters is 1. The Labute approximate surface area is 147 Å². The van der Waals surface area contributed by atoms with Crippen molar-refractivity contribution in [3.63, 3.8) is 0 Å². The second-order valence-corrected chi connectivity index (χ2v) is 6.26. The van der Waals surface area contributed by atoms with Crippen molar-refractivity contribution >= 4 is 5.97 Å². The molecular weight excluding hydrogens is 316 g/mol. The minimum atomic E-state index is -0.520. The van der Waals surface area contributed by atoms with Crippen LogP contribution in [0.1, 0.15) is 34.0 Å². The maximum Gasteiger partial charge on any atom is 0.341 e. The summed E-state index contributed by atoms with van der Waals surface area (Å²) < 4.78 is 10.7. The van der Waals surface area contributed by atoms with E-state index in [1.54, 1.807) is 0 Å². The van der Waals surface area contributed by atoms with Gasteiger partial charge in [-0.05, 0) is 49.0 Å². The number of aromatic hydroxyl groups is 1. The first-order valence-electron chi connectivity index (χ1n) is 8.38. The van der Waals surface area contributed by atoms with Crippen molar-refractivity contribution in [1.29, 1.82) is 0 Å². The average Bonchev–Trinajstić information content (AvgIpc) is 2.82. The van der Waals surface area contributed by atoms with Gasteiger partial charge >= 0.3 is 5.97 Å². The number of ether oxygens (including phenoxy) is 2. The predicted octanol–water partition coefficient (Wildman–Crippen LogP) is 3.85. The predicted molar refractivity (Wildman–Crippen MR) is 96.3 cm³/mol. The van der Waals surface area contributed by atoms with Crippen LogP contribution in [0.5, 0.6) is 11.5 Å². The number of benzene rings is 2. The second kappa shape index (κ2) is 7.43. The van der Waals surface area contributed by atoms with Crippen molar-refractivity contribution in [2.24, 2.45) is 0 Å². The molecule has 0 saturated carbocycles. The highest BCUT2D eigenvalue weighted by Crippen LogP contribution is 2.37. The van der Waals surface area contributed by atoms with Crippen LogP contribution in [0.25, 0.3) is 0 Å². The zero-order chi connectivity index (χ0) is 17.8. The zero-order valence-electron chi connectivity index (χ0n) is 14.5. The first-order chi connectivity index (χ1) is 12.1. The molecule has 0 fully saturated rings. The molecule has 1 heterocycles. The van der Waals surface area contributed by atoms with Gasteiger partial charge in [0.2, 0.25) is 0 Å². The molecule has 0 radical (unpaired) electrons. The number of phenolic OH excluding ortho intramolecular Hbond substituents is 1.